The van der Waals surface area contributed by atoms with Crippen molar-refractivity contribution in [3.8, 4) is 0 Å². The van der Waals surface area contributed by atoms with E-state index in [-0.39, 0.29) is 12.6 Å². The van der Waals surface area contributed by atoms with Gasteiger partial charge in [-0.1, -0.05) is 51.5 Å². The van der Waals surface area contributed by atoms with Crippen molar-refractivity contribution in [2.24, 2.45) is 5.73 Å². The summed E-state index contributed by atoms with van der Waals surface area (Å²) in [4.78, 5) is 0. The van der Waals surface area contributed by atoms with Crippen molar-refractivity contribution < 1.29 is 8.42 Å². The average Bonchev–Trinajstić information content (AvgIpc) is 2.50. The molecule has 1 unspecified atom stereocenters. The van der Waals surface area contributed by atoms with Crippen LogP contribution in [0.25, 0.3) is 0 Å². The SMILES string of the molecule is CCCCN(C)S(=O)(=O)NCC(N)c1ccc(C(C)C)cc1. The highest BCUT2D eigenvalue weighted by Gasteiger charge is 2.18. The summed E-state index contributed by atoms with van der Waals surface area (Å²) in [5.74, 6) is 0.469. The lowest BCUT2D eigenvalue weighted by atomic mass is 9.99. The quantitative estimate of drug-likeness (QED) is 0.731. The van der Waals surface area contributed by atoms with Crippen LogP contribution in [0.5, 0.6) is 0 Å². The predicted molar refractivity (Wildman–Crippen MR) is 91.9 cm³/mol. The van der Waals surface area contributed by atoms with Gasteiger partial charge in [-0.05, 0) is 23.5 Å². The maximum absolute atomic E-state index is 12.1. The van der Waals surface area contributed by atoms with E-state index in [1.54, 1.807) is 7.05 Å². The molecular formula is C16H29N3O2S. The van der Waals surface area contributed by atoms with E-state index in [1.165, 1.54) is 9.87 Å². The van der Waals surface area contributed by atoms with Crippen LogP contribution in [0.15, 0.2) is 24.3 Å². The van der Waals surface area contributed by atoms with Gasteiger partial charge in [0, 0.05) is 26.2 Å². The second-order valence-corrected chi connectivity index (χ2v) is 7.82. The van der Waals surface area contributed by atoms with Gasteiger partial charge in [0.05, 0.1) is 0 Å². The van der Waals surface area contributed by atoms with Gasteiger partial charge in [0.1, 0.15) is 0 Å². The number of unbranched alkanes of at least 4 members (excludes halogenated alkanes) is 1. The van der Waals surface area contributed by atoms with Crippen LogP contribution in [0, 0.1) is 0 Å². The Balaban J connectivity index is 2.59. The molecular weight excluding hydrogens is 298 g/mol. The molecule has 0 aromatic heterocycles. The molecule has 0 aliphatic carbocycles. The smallest absolute Gasteiger partial charge is 0.279 e. The van der Waals surface area contributed by atoms with Crippen molar-refractivity contribution in [2.75, 3.05) is 20.1 Å². The Morgan fingerprint density at radius 1 is 1.18 bits per heavy atom. The van der Waals surface area contributed by atoms with Gasteiger partial charge in [-0.2, -0.15) is 12.7 Å². The molecule has 0 spiro atoms. The number of nitrogens with two attached hydrogens (primary N) is 1. The first-order valence-corrected chi connectivity index (χ1v) is 9.28. The van der Waals surface area contributed by atoms with E-state index >= 15 is 0 Å². The van der Waals surface area contributed by atoms with Gasteiger partial charge in [0.25, 0.3) is 10.2 Å². The third kappa shape index (κ3) is 5.68. The number of rotatable bonds is 9. The van der Waals surface area contributed by atoms with Gasteiger partial charge >= 0.3 is 0 Å². The Morgan fingerprint density at radius 2 is 1.73 bits per heavy atom. The summed E-state index contributed by atoms with van der Waals surface area (Å²) in [5, 5.41) is 0. The molecule has 0 saturated heterocycles. The van der Waals surface area contributed by atoms with Crippen LogP contribution in [0.1, 0.15) is 56.7 Å². The second kappa shape index (κ2) is 8.62. The minimum atomic E-state index is -3.45. The highest BCUT2D eigenvalue weighted by atomic mass is 32.2. The normalized spacial score (nSPS) is 13.8. The number of hydrogen-bond acceptors (Lipinski definition) is 3. The van der Waals surface area contributed by atoms with Crippen molar-refractivity contribution in [1.82, 2.24) is 9.03 Å². The van der Waals surface area contributed by atoms with Crippen LogP contribution in [-0.4, -0.2) is 32.9 Å². The Morgan fingerprint density at radius 3 is 2.23 bits per heavy atom. The van der Waals surface area contributed by atoms with E-state index in [1.807, 2.05) is 31.2 Å². The molecule has 1 aromatic rings. The summed E-state index contributed by atoms with van der Waals surface area (Å²) in [6.07, 6.45) is 1.81. The molecule has 5 nitrogen and oxygen atoms in total. The molecule has 0 heterocycles. The summed E-state index contributed by atoms with van der Waals surface area (Å²) >= 11 is 0. The van der Waals surface area contributed by atoms with E-state index in [4.69, 9.17) is 5.73 Å². The number of hydrogen-bond donors (Lipinski definition) is 2. The van der Waals surface area contributed by atoms with Crippen molar-refractivity contribution in [2.45, 2.75) is 45.6 Å². The first kappa shape index (κ1) is 19.1. The molecule has 3 N–H and O–H groups in total. The van der Waals surface area contributed by atoms with E-state index < -0.39 is 10.2 Å². The van der Waals surface area contributed by atoms with E-state index in [0.717, 1.165) is 18.4 Å². The fraction of sp³-hybridized carbons (Fsp3) is 0.625. The largest absolute Gasteiger partial charge is 0.323 e. The zero-order valence-electron chi connectivity index (χ0n) is 14.0. The second-order valence-electron chi connectivity index (χ2n) is 5.96. The van der Waals surface area contributed by atoms with Crippen molar-refractivity contribution >= 4 is 10.2 Å². The first-order chi connectivity index (χ1) is 10.3. The minimum absolute atomic E-state index is 0.194. The van der Waals surface area contributed by atoms with E-state index in [2.05, 4.69) is 18.6 Å². The molecule has 0 bridgehead atoms. The van der Waals surface area contributed by atoms with Crippen LogP contribution in [0.2, 0.25) is 0 Å². The summed E-state index contributed by atoms with van der Waals surface area (Å²) in [5.41, 5.74) is 8.26. The van der Waals surface area contributed by atoms with Crippen molar-refractivity contribution in [1.29, 1.82) is 0 Å². The van der Waals surface area contributed by atoms with Crippen LogP contribution < -0.4 is 10.5 Å². The lowest BCUT2D eigenvalue weighted by Gasteiger charge is -2.19. The third-order valence-corrected chi connectivity index (χ3v) is 5.29. The van der Waals surface area contributed by atoms with Gasteiger partial charge in [0.15, 0.2) is 0 Å². The summed E-state index contributed by atoms with van der Waals surface area (Å²) < 4.78 is 28.1. The molecule has 22 heavy (non-hydrogen) atoms. The molecule has 126 valence electrons. The number of nitrogens with zero attached hydrogens (tertiary/aromatic N) is 1. The van der Waals surface area contributed by atoms with Gasteiger partial charge in [-0.3, -0.25) is 0 Å². The molecule has 0 aliphatic heterocycles. The molecule has 6 heteroatoms. The van der Waals surface area contributed by atoms with Crippen molar-refractivity contribution in [3.63, 3.8) is 0 Å². The summed E-state index contributed by atoms with van der Waals surface area (Å²) in [6, 6.07) is 7.67. The molecule has 0 amide bonds. The van der Waals surface area contributed by atoms with E-state index in [9.17, 15) is 8.42 Å². The van der Waals surface area contributed by atoms with Crippen LogP contribution in [0.4, 0.5) is 0 Å². The van der Waals surface area contributed by atoms with Crippen LogP contribution >= 0.6 is 0 Å². The Hall–Kier alpha value is -0.950. The topological polar surface area (TPSA) is 75.4 Å². The first-order valence-electron chi connectivity index (χ1n) is 7.84. The Bertz CT molecular complexity index is 541. The average molecular weight is 327 g/mol. The highest BCUT2D eigenvalue weighted by Crippen LogP contribution is 2.17. The van der Waals surface area contributed by atoms with Gasteiger partial charge < -0.3 is 5.73 Å². The zero-order chi connectivity index (χ0) is 16.8. The van der Waals surface area contributed by atoms with Gasteiger partial charge in [-0.15, -0.1) is 0 Å². The Labute approximate surface area is 135 Å². The molecule has 0 radical (unpaired) electrons. The molecule has 1 aromatic carbocycles. The zero-order valence-corrected chi connectivity index (χ0v) is 14.9. The Kier molecular flexibility index (Phi) is 7.48. The molecule has 0 aliphatic rings. The minimum Gasteiger partial charge on any atom is -0.323 e. The van der Waals surface area contributed by atoms with E-state index in [0.29, 0.717) is 12.5 Å². The highest BCUT2D eigenvalue weighted by molar-refractivity contribution is 7.87. The lowest BCUT2D eigenvalue weighted by Crippen LogP contribution is -2.41. The maximum atomic E-state index is 12.1. The molecule has 0 fully saturated rings. The lowest BCUT2D eigenvalue weighted by molar-refractivity contribution is 0.446. The molecule has 1 atom stereocenters. The fourth-order valence-corrected chi connectivity index (χ4v) is 3.03. The summed E-state index contributed by atoms with van der Waals surface area (Å²) in [6.45, 7) is 7.01. The summed E-state index contributed by atoms with van der Waals surface area (Å²) in [7, 11) is -1.87. The standard InChI is InChI=1S/C16H29N3O2S/c1-5-6-11-19(4)22(20,21)18-12-16(17)15-9-7-14(8-10-15)13(2)3/h7-10,13,16,18H,5-6,11-12,17H2,1-4H3. The monoisotopic (exact) mass is 327 g/mol. The van der Waals surface area contributed by atoms with Crippen LogP contribution in [-0.2, 0) is 10.2 Å². The number of benzene rings is 1. The molecule has 0 saturated carbocycles. The van der Waals surface area contributed by atoms with Crippen molar-refractivity contribution in [3.05, 3.63) is 35.4 Å². The maximum Gasteiger partial charge on any atom is 0.279 e. The molecule has 1 rings (SSSR count). The third-order valence-electron chi connectivity index (χ3n) is 3.75. The van der Waals surface area contributed by atoms with Gasteiger partial charge in [0.2, 0.25) is 0 Å². The predicted octanol–water partition coefficient (Wildman–Crippen LogP) is 2.38. The van der Waals surface area contributed by atoms with Gasteiger partial charge in [-0.25, -0.2) is 4.72 Å². The number of nitrogens with one attached hydrogen (secondary N) is 1. The van der Waals surface area contributed by atoms with Crippen LogP contribution in [0.3, 0.4) is 0 Å². The fourth-order valence-electron chi connectivity index (χ4n) is 2.05.